The first-order valence-corrected chi connectivity index (χ1v) is 7.63. The quantitative estimate of drug-likeness (QED) is 0.766. The van der Waals surface area contributed by atoms with Crippen molar-refractivity contribution in [2.45, 2.75) is 19.9 Å². The van der Waals surface area contributed by atoms with Crippen LogP contribution in [0.5, 0.6) is 0 Å². The molecule has 1 aromatic carbocycles. The number of nitrogens with zero attached hydrogens (tertiary/aromatic N) is 2. The molecule has 0 spiro atoms. The number of nitrogens with one attached hydrogen (secondary N) is 1. The van der Waals surface area contributed by atoms with Crippen molar-refractivity contribution in [3.8, 4) is 0 Å². The lowest BCUT2D eigenvalue weighted by Gasteiger charge is -2.23. The van der Waals surface area contributed by atoms with E-state index in [1.54, 1.807) is 17.7 Å². The van der Waals surface area contributed by atoms with E-state index in [1.807, 2.05) is 12.1 Å². The molecule has 0 fully saturated rings. The minimum absolute atomic E-state index is 0.247. The zero-order valence-electron chi connectivity index (χ0n) is 11.6. The number of hydrogen-bond donors (Lipinski definition) is 1. The van der Waals surface area contributed by atoms with Gasteiger partial charge in [-0.25, -0.2) is 9.97 Å². The monoisotopic (exact) mass is 283 g/mol. The molecule has 0 saturated carbocycles. The lowest BCUT2D eigenvalue weighted by molar-refractivity contribution is 0.545. The third kappa shape index (κ3) is 2.51. The smallest absolute Gasteiger partial charge is 0.147 e. The van der Waals surface area contributed by atoms with Gasteiger partial charge in [0.25, 0.3) is 0 Å². The number of benzene rings is 1. The van der Waals surface area contributed by atoms with E-state index in [0.29, 0.717) is 5.92 Å². The summed E-state index contributed by atoms with van der Waals surface area (Å²) in [6, 6.07) is 12.8. The topological polar surface area (TPSA) is 37.8 Å². The minimum Gasteiger partial charge on any atom is -0.362 e. The van der Waals surface area contributed by atoms with E-state index in [4.69, 9.17) is 0 Å². The van der Waals surface area contributed by atoms with Crippen molar-refractivity contribution in [1.29, 1.82) is 0 Å². The normalized spacial score (nSPS) is 12.8. The molecule has 20 heavy (non-hydrogen) atoms. The molecule has 0 aliphatic rings. The van der Waals surface area contributed by atoms with Crippen molar-refractivity contribution >= 4 is 27.4 Å². The molecule has 3 aromatic rings. The van der Waals surface area contributed by atoms with Crippen LogP contribution in [0.2, 0.25) is 0 Å². The Labute approximate surface area is 122 Å². The summed E-state index contributed by atoms with van der Waals surface area (Å²) >= 11 is 1.68. The highest BCUT2D eigenvalue weighted by Crippen LogP contribution is 2.31. The second kappa shape index (κ2) is 5.59. The van der Waals surface area contributed by atoms with Crippen LogP contribution in [-0.2, 0) is 0 Å². The van der Waals surface area contributed by atoms with E-state index >= 15 is 0 Å². The maximum absolute atomic E-state index is 4.42. The summed E-state index contributed by atoms with van der Waals surface area (Å²) < 4.78 is 1.12. The van der Waals surface area contributed by atoms with Crippen LogP contribution in [-0.4, -0.2) is 9.97 Å². The van der Waals surface area contributed by atoms with Gasteiger partial charge >= 0.3 is 0 Å². The highest BCUT2D eigenvalue weighted by atomic mass is 32.1. The summed E-state index contributed by atoms with van der Waals surface area (Å²) in [5, 5.41) is 5.64. The molecule has 3 rings (SSSR count). The fourth-order valence-corrected chi connectivity index (χ4v) is 3.13. The SMILES string of the molecule is CC(C)C(Nc1ncnc2ccsc12)c1ccccc1. The molecule has 2 heterocycles. The second-order valence-corrected chi connectivity index (χ2v) is 6.05. The highest BCUT2D eigenvalue weighted by Gasteiger charge is 2.17. The molecule has 0 radical (unpaired) electrons. The van der Waals surface area contributed by atoms with Crippen molar-refractivity contribution in [3.63, 3.8) is 0 Å². The van der Waals surface area contributed by atoms with Gasteiger partial charge in [0.05, 0.1) is 16.3 Å². The van der Waals surface area contributed by atoms with Gasteiger partial charge in [-0.1, -0.05) is 44.2 Å². The Morgan fingerprint density at radius 1 is 1.05 bits per heavy atom. The van der Waals surface area contributed by atoms with Crippen molar-refractivity contribution in [2.75, 3.05) is 5.32 Å². The molecule has 0 amide bonds. The third-order valence-electron chi connectivity index (χ3n) is 3.36. The number of anilines is 1. The van der Waals surface area contributed by atoms with Crippen molar-refractivity contribution in [1.82, 2.24) is 9.97 Å². The van der Waals surface area contributed by atoms with E-state index in [9.17, 15) is 0 Å². The van der Waals surface area contributed by atoms with Crippen LogP contribution in [0.15, 0.2) is 48.1 Å². The van der Waals surface area contributed by atoms with Gasteiger partial charge in [-0.15, -0.1) is 11.3 Å². The lowest BCUT2D eigenvalue weighted by Crippen LogP contribution is -2.17. The second-order valence-electron chi connectivity index (χ2n) is 5.13. The molecular weight excluding hydrogens is 266 g/mol. The van der Waals surface area contributed by atoms with Gasteiger partial charge in [-0.2, -0.15) is 0 Å². The largest absolute Gasteiger partial charge is 0.362 e. The van der Waals surface area contributed by atoms with Gasteiger partial charge in [0.15, 0.2) is 0 Å². The van der Waals surface area contributed by atoms with E-state index < -0.39 is 0 Å². The molecule has 2 aromatic heterocycles. The first-order valence-electron chi connectivity index (χ1n) is 6.75. The summed E-state index contributed by atoms with van der Waals surface area (Å²) in [5.74, 6) is 1.40. The van der Waals surface area contributed by atoms with Gasteiger partial charge in [-0.3, -0.25) is 0 Å². The zero-order chi connectivity index (χ0) is 13.9. The highest BCUT2D eigenvalue weighted by molar-refractivity contribution is 7.17. The Bertz CT molecular complexity index is 691. The van der Waals surface area contributed by atoms with Crippen LogP contribution in [0.3, 0.4) is 0 Å². The fourth-order valence-electron chi connectivity index (χ4n) is 2.33. The standard InChI is InChI=1S/C16H17N3S/c1-11(2)14(12-6-4-3-5-7-12)19-16-15-13(8-9-20-15)17-10-18-16/h3-11,14H,1-2H3,(H,17,18,19). The van der Waals surface area contributed by atoms with Crippen LogP contribution in [0.1, 0.15) is 25.5 Å². The summed E-state index contributed by atoms with van der Waals surface area (Å²) in [6.45, 7) is 4.44. The van der Waals surface area contributed by atoms with Crippen molar-refractivity contribution < 1.29 is 0 Å². The number of hydrogen-bond acceptors (Lipinski definition) is 4. The molecular formula is C16H17N3S. The molecule has 0 aliphatic heterocycles. The number of rotatable bonds is 4. The van der Waals surface area contributed by atoms with E-state index in [0.717, 1.165) is 16.0 Å². The molecule has 102 valence electrons. The molecule has 4 heteroatoms. The number of thiophene rings is 1. The van der Waals surface area contributed by atoms with Crippen molar-refractivity contribution in [2.24, 2.45) is 5.92 Å². The van der Waals surface area contributed by atoms with Crippen LogP contribution >= 0.6 is 11.3 Å². The fraction of sp³-hybridized carbons (Fsp3) is 0.250. The molecule has 0 saturated heterocycles. The summed E-state index contributed by atoms with van der Waals surface area (Å²) in [4.78, 5) is 8.70. The Hall–Kier alpha value is -1.94. The van der Waals surface area contributed by atoms with Gasteiger partial charge in [0, 0.05) is 0 Å². The summed E-state index contributed by atoms with van der Waals surface area (Å²) in [5.41, 5.74) is 2.29. The maximum atomic E-state index is 4.42. The zero-order valence-corrected chi connectivity index (χ0v) is 12.4. The number of aromatic nitrogens is 2. The summed E-state index contributed by atoms with van der Waals surface area (Å²) in [7, 11) is 0. The van der Waals surface area contributed by atoms with Gasteiger partial charge < -0.3 is 5.32 Å². The third-order valence-corrected chi connectivity index (χ3v) is 4.27. The molecule has 0 aliphatic carbocycles. The van der Waals surface area contributed by atoms with E-state index in [-0.39, 0.29) is 6.04 Å². The van der Waals surface area contributed by atoms with Gasteiger partial charge in [-0.05, 0) is 22.9 Å². The average Bonchev–Trinajstić information content (AvgIpc) is 2.94. The Morgan fingerprint density at radius 2 is 1.85 bits per heavy atom. The number of fused-ring (bicyclic) bond motifs is 1. The van der Waals surface area contributed by atoms with E-state index in [2.05, 4.69) is 58.8 Å². The Morgan fingerprint density at radius 3 is 2.60 bits per heavy atom. The Balaban J connectivity index is 1.96. The van der Waals surface area contributed by atoms with Crippen molar-refractivity contribution in [3.05, 3.63) is 53.7 Å². The first kappa shape index (κ1) is 13.1. The molecule has 0 bridgehead atoms. The Kier molecular flexibility index (Phi) is 3.65. The summed E-state index contributed by atoms with van der Waals surface area (Å²) in [6.07, 6.45) is 1.62. The molecule has 1 N–H and O–H groups in total. The minimum atomic E-state index is 0.247. The van der Waals surface area contributed by atoms with E-state index in [1.165, 1.54) is 5.56 Å². The van der Waals surface area contributed by atoms with Crippen LogP contribution in [0, 0.1) is 5.92 Å². The average molecular weight is 283 g/mol. The van der Waals surface area contributed by atoms with Gasteiger partial charge in [0.1, 0.15) is 12.1 Å². The molecule has 1 atom stereocenters. The predicted molar refractivity (Wildman–Crippen MR) is 85.1 cm³/mol. The predicted octanol–water partition coefficient (Wildman–Crippen LogP) is 4.50. The van der Waals surface area contributed by atoms with Crippen LogP contribution in [0.4, 0.5) is 5.82 Å². The van der Waals surface area contributed by atoms with Crippen LogP contribution in [0.25, 0.3) is 10.2 Å². The maximum Gasteiger partial charge on any atom is 0.147 e. The van der Waals surface area contributed by atoms with Gasteiger partial charge in [0.2, 0.25) is 0 Å². The molecule has 3 nitrogen and oxygen atoms in total. The molecule has 1 unspecified atom stereocenters. The first-order chi connectivity index (χ1) is 9.75. The van der Waals surface area contributed by atoms with Crippen LogP contribution < -0.4 is 5.32 Å². The lowest BCUT2D eigenvalue weighted by atomic mass is 9.96.